The van der Waals surface area contributed by atoms with E-state index < -0.39 is 0 Å². The average molecular weight is 294 g/mol. The van der Waals surface area contributed by atoms with Crippen LogP contribution in [0.1, 0.15) is 12.5 Å². The van der Waals surface area contributed by atoms with Gasteiger partial charge in [0, 0.05) is 19.7 Å². The molecular weight excluding hydrogens is 280 g/mol. The van der Waals surface area contributed by atoms with Crippen molar-refractivity contribution in [3.05, 3.63) is 60.2 Å². The Kier molecular flexibility index (Phi) is 2.86. The first-order valence-corrected chi connectivity index (χ1v) is 8.49. The average Bonchev–Trinajstić information content (AvgIpc) is 3.05. The molecular formula is C18H14S2. The van der Waals surface area contributed by atoms with Crippen LogP contribution in [-0.4, -0.2) is 0 Å². The Morgan fingerprint density at radius 1 is 0.850 bits per heavy atom. The van der Waals surface area contributed by atoms with Crippen LogP contribution in [0.3, 0.4) is 0 Å². The Hall–Kier alpha value is -1.64. The van der Waals surface area contributed by atoms with E-state index >= 15 is 0 Å². The predicted octanol–water partition coefficient (Wildman–Crippen LogP) is 6.35. The molecule has 2 heteroatoms. The maximum absolute atomic E-state index is 2.34. The van der Waals surface area contributed by atoms with Crippen molar-refractivity contribution in [1.29, 1.82) is 0 Å². The molecule has 0 unspecified atom stereocenters. The van der Waals surface area contributed by atoms with Gasteiger partial charge in [-0.05, 0) is 29.7 Å². The van der Waals surface area contributed by atoms with Crippen LogP contribution in [0.2, 0.25) is 0 Å². The zero-order valence-electron chi connectivity index (χ0n) is 11.2. The zero-order chi connectivity index (χ0) is 13.5. The molecule has 0 bridgehead atoms. The fourth-order valence-electron chi connectivity index (χ4n) is 2.55. The lowest BCUT2D eigenvalue weighted by molar-refractivity contribution is 1.14. The molecule has 20 heavy (non-hydrogen) atoms. The van der Waals surface area contributed by atoms with E-state index in [0.29, 0.717) is 0 Å². The molecule has 2 aromatic heterocycles. The van der Waals surface area contributed by atoms with E-state index in [2.05, 4.69) is 61.5 Å². The van der Waals surface area contributed by atoms with Gasteiger partial charge in [-0.15, -0.1) is 22.7 Å². The molecule has 0 radical (unpaired) electrons. The highest BCUT2D eigenvalue weighted by Crippen LogP contribution is 2.42. The Bertz CT molecular complexity index is 879. The van der Waals surface area contributed by atoms with Crippen molar-refractivity contribution < 1.29 is 0 Å². The molecule has 0 atom stereocenters. The SMILES string of the molecule is CCc1ccc(-c2cc3sc4ccccc4c3s2)cc1. The number of rotatable bonds is 2. The maximum atomic E-state index is 2.34. The van der Waals surface area contributed by atoms with Gasteiger partial charge in [0.1, 0.15) is 0 Å². The molecule has 4 aromatic rings. The first kappa shape index (κ1) is 12.1. The maximum Gasteiger partial charge on any atom is 0.0535 e. The second kappa shape index (κ2) is 4.72. The van der Waals surface area contributed by atoms with Gasteiger partial charge in [0.05, 0.1) is 4.70 Å². The quantitative estimate of drug-likeness (QED) is 0.404. The molecule has 0 N–H and O–H groups in total. The third kappa shape index (κ3) is 1.88. The molecule has 0 nitrogen and oxygen atoms in total. The normalized spacial score (nSPS) is 11.4. The summed E-state index contributed by atoms with van der Waals surface area (Å²) < 4.78 is 4.23. The van der Waals surface area contributed by atoms with Gasteiger partial charge in [0.2, 0.25) is 0 Å². The van der Waals surface area contributed by atoms with Gasteiger partial charge in [-0.1, -0.05) is 49.4 Å². The molecule has 0 saturated heterocycles. The summed E-state index contributed by atoms with van der Waals surface area (Å²) in [6, 6.07) is 20.0. The van der Waals surface area contributed by atoms with E-state index in [4.69, 9.17) is 0 Å². The number of hydrogen-bond donors (Lipinski definition) is 0. The summed E-state index contributed by atoms with van der Waals surface area (Å²) in [6.07, 6.45) is 1.10. The lowest BCUT2D eigenvalue weighted by atomic mass is 10.1. The summed E-state index contributed by atoms with van der Waals surface area (Å²) in [7, 11) is 0. The number of thiophene rings is 2. The molecule has 0 aliphatic carbocycles. The van der Waals surface area contributed by atoms with Crippen LogP contribution < -0.4 is 0 Å². The van der Waals surface area contributed by atoms with Crippen molar-refractivity contribution in [1.82, 2.24) is 0 Å². The van der Waals surface area contributed by atoms with Crippen molar-refractivity contribution >= 4 is 42.2 Å². The monoisotopic (exact) mass is 294 g/mol. The minimum absolute atomic E-state index is 1.10. The van der Waals surface area contributed by atoms with Gasteiger partial charge in [-0.25, -0.2) is 0 Å². The summed E-state index contributed by atoms with van der Waals surface area (Å²) in [5, 5.41) is 1.40. The lowest BCUT2D eigenvalue weighted by Gasteiger charge is -1.99. The van der Waals surface area contributed by atoms with Crippen molar-refractivity contribution in [3.63, 3.8) is 0 Å². The minimum Gasteiger partial charge on any atom is -0.134 e. The predicted molar refractivity (Wildman–Crippen MR) is 92.0 cm³/mol. The third-order valence-electron chi connectivity index (χ3n) is 3.70. The third-order valence-corrected chi connectivity index (χ3v) is 6.16. The molecule has 2 aromatic carbocycles. The summed E-state index contributed by atoms with van der Waals surface area (Å²) in [5.74, 6) is 0. The standard InChI is InChI=1S/C18H14S2/c1-2-12-7-9-13(10-8-12)16-11-17-18(20-16)14-5-3-4-6-15(14)19-17/h3-11H,2H2,1H3. The molecule has 98 valence electrons. The number of benzene rings is 2. The largest absolute Gasteiger partial charge is 0.134 e. The first-order chi connectivity index (χ1) is 9.85. The Morgan fingerprint density at radius 3 is 2.45 bits per heavy atom. The van der Waals surface area contributed by atoms with Crippen LogP contribution in [0, 0.1) is 0 Å². The van der Waals surface area contributed by atoms with E-state index in [9.17, 15) is 0 Å². The summed E-state index contributed by atoms with van der Waals surface area (Å²) >= 11 is 3.81. The van der Waals surface area contributed by atoms with E-state index in [0.717, 1.165) is 6.42 Å². The highest BCUT2D eigenvalue weighted by molar-refractivity contribution is 7.33. The topological polar surface area (TPSA) is 0 Å². The Morgan fingerprint density at radius 2 is 1.65 bits per heavy atom. The van der Waals surface area contributed by atoms with Crippen LogP contribution in [0.25, 0.3) is 29.9 Å². The Balaban J connectivity index is 1.87. The molecule has 4 rings (SSSR count). The van der Waals surface area contributed by atoms with Crippen molar-refractivity contribution in [2.75, 3.05) is 0 Å². The fourth-order valence-corrected chi connectivity index (χ4v) is 5.08. The van der Waals surface area contributed by atoms with E-state index in [1.165, 1.54) is 35.5 Å². The second-order valence-corrected chi connectivity index (χ2v) is 7.09. The summed E-state index contributed by atoms with van der Waals surface area (Å²) in [5.41, 5.74) is 2.73. The van der Waals surface area contributed by atoms with Crippen LogP contribution in [-0.2, 0) is 6.42 Å². The molecule has 0 fully saturated rings. The number of aryl methyl sites for hydroxylation is 1. The first-order valence-electron chi connectivity index (χ1n) is 6.85. The number of fused-ring (bicyclic) bond motifs is 3. The fraction of sp³-hybridized carbons (Fsp3) is 0.111. The highest BCUT2D eigenvalue weighted by atomic mass is 32.1. The molecule has 0 spiro atoms. The smallest absolute Gasteiger partial charge is 0.0535 e. The van der Waals surface area contributed by atoms with Gasteiger partial charge < -0.3 is 0 Å². The summed E-state index contributed by atoms with van der Waals surface area (Å²) in [6.45, 7) is 2.20. The Labute approximate surface area is 126 Å². The van der Waals surface area contributed by atoms with Crippen molar-refractivity contribution in [2.24, 2.45) is 0 Å². The van der Waals surface area contributed by atoms with Gasteiger partial charge in [-0.3, -0.25) is 0 Å². The van der Waals surface area contributed by atoms with Gasteiger partial charge >= 0.3 is 0 Å². The van der Waals surface area contributed by atoms with Gasteiger partial charge in [0.25, 0.3) is 0 Å². The van der Waals surface area contributed by atoms with Crippen molar-refractivity contribution in [2.45, 2.75) is 13.3 Å². The lowest BCUT2D eigenvalue weighted by Crippen LogP contribution is -1.78. The number of hydrogen-bond acceptors (Lipinski definition) is 2. The minimum atomic E-state index is 1.10. The van der Waals surface area contributed by atoms with E-state index in [1.54, 1.807) is 0 Å². The van der Waals surface area contributed by atoms with Crippen LogP contribution in [0.5, 0.6) is 0 Å². The zero-order valence-corrected chi connectivity index (χ0v) is 12.9. The van der Waals surface area contributed by atoms with Gasteiger partial charge in [0.15, 0.2) is 0 Å². The highest BCUT2D eigenvalue weighted by Gasteiger charge is 2.10. The molecule has 0 aliphatic rings. The van der Waals surface area contributed by atoms with Crippen LogP contribution in [0.4, 0.5) is 0 Å². The van der Waals surface area contributed by atoms with E-state index in [1.807, 2.05) is 22.7 Å². The van der Waals surface area contributed by atoms with Gasteiger partial charge in [-0.2, -0.15) is 0 Å². The van der Waals surface area contributed by atoms with Crippen LogP contribution in [0.15, 0.2) is 54.6 Å². The molecule has 2 heterocycles. The molecule has 0 aliphatic heterocycles. The molecule has 0 saturated carbocycles. The summed E-state index contributed by atoms with van der Waals surface area (Å²) in [4.78, 5) is 1.37. The molecule has 0 amide bonds. The van der Waals surface area contributed by atoms with Crippen LogP contribution >= 0.6 is 22.7 Å². The second-order valence-electron chi connectivity index (χ2n) is 4.95. The van der Waals surface area contributed by atoms with E-state index in [-0.39, 0.29) is 0 Å². The van der Waals surface area contributed by atoms with Crippen molar-refractivity contribution in [3.8, 4) is 10.4 Å².